The van der Waals surface area contributed by atoms with E-state index in [2.05, 4.69) is 23.5 Å². The van der Waals surface area contributed by atoms with Crippen molar-refractivity contribution < 1.29 is 9.59 Å². The molecule has 1 aliphatic heterocycles. The summed E-state index contributed by atoms with van der Waals surface area (Å²) >= 11 is 0. The molecule has 0 saturated carbocycles. The normalized spacial score (nSPS) is 14.0. The fourth-order valence-corrected chi connectivity index (χ4v) is 2.77. The Kier molecular flexibility index (Phi) is 5.06. The zero-order valence-electron chi connectivity index (χ0n) is 13.4. The van der Waals surface area contributed by atoms with Crippen molar-refractivity contribution in [2.45, 2.75) is 6.42 Å². The Balaban J connectivity index is 1.52. The van der Waals surface area contributed by atoms with E-state index in [4.69, 9.17) is 0 Å². The molecule has 24 heavy (non-hydrogen) atoms. The third kappa shape index (κ3) is 3.90. The molecule has 3 rings (SSSR count). The molecule has 122 valence electrons. The molecule has 0 aromatic heterocycles. The summed E-state index contributed by atoms with van der Waals surface area (Å²) in [4.78, 5) is 26.0. The van der Waals surface area contributed by atoms with Crippen molar-refractivity contribution in [3.8, 4) is 0 Å². The summed E-state index contributed by atoms with van der Waals surface area (Å²) in [5, 5.41) is 2.69. The lowest BCUT2D eigenvalue weighted by atomic mass is 9.99. The van der Waals surface area contributed by atoms with Gasteiger partial charge in [-0.05, 0) is 29.7 Å². The minimum Gasteiger partial charge on any atom is -0.343 e. The molecular weight excluding hydrogens is 300 g/mol. The predicted octanol–water partition coefficient (Wildman–Crippen LogP) is 2.73. The van der Waals surface area contributed by atoms with Crippen molar-refractivity contribution in [2.75, 3.05) is 19.6 Å². The minimum atomic E-state index is -0.221. The minimum absolute atomic E-state index is 0.0300. The van der Waals surface area contributed by atoms with Crippen LogP contribution in [0.1, 0.15) is 22.3 Å². The SMILES string of the molecule is O=C(NCC(=O)N1CC=C(c2ccccc2)CC1)c1ccccc1. The quantitative estimate of drug-likeness (QED) is 0.942. The van der Waals surface area contributed by atoms with Gasteiger partial charge in [0.05, 0.1) is 6.54 Å². The van der Waals surface area contributed by atoms with Gasteiger partial charge >= 0.3 is 0 Å². The number of hydrogen-bond donors (Lipinski definition) is 1. The first kappa shape index (κ1) is 16.0. The monoisotopic (exact) mass is 320 g/mol. The van der Waals surface area contributed by atoms with Crippen LogP contribution in [0.15, 0.2) is 66.7 Å². The van der Waals surface area contributed by atoms with Crippen LogP contribution in [0.3, 0.4) is 0 Å². The van der Waals surface area contributed by atoms with Gasteiger partial charge in [-0.2, -0.15) is 0 Å². The summed E-state index contributed by atoms with van der Waals surface area (Å²) in [7, 11) is 0. The van der Waals surface area contributed by atoms with Gasteiger partial charge in [-0.3, -0.25) is 9.59 Å². The van der Waals surface area contributed by atoms with Crippen LogP contribution < -0.4 is 5.32 Å². The number of carbonyl (C=O) groups excluding carboxylic acids is 2. The number of nitrogens with one attached hydrogen (secondary N) is 1. The Morgan fingerprint density at radius 2 is 1.62 bits per heavy atom. The average molecular weight is 320 g/mol. The van der Waals surface area contributed by atoms with E-state index in [1.807, 2.05) is 24.3 Å². The van der Waals surface area contributed by atoms with Crippen LogP contribution >= 0.6 is 0 Å². The molecule has 2 amide bonds. The topological polar surface area (TPSA) is 49.4 Å². The first-order chi connectivity index (χ1) is 11.7. The Bertz CT molecular complexity index is 739. The summed E-state index contributed by atoms with van der Waals surface area (Å²) in [6, 6.07) is 19.1. The van der Waals surface area contributed by atoms with Gasteiger partial charge in [-0.1, -0.05) is 54.6 Å². The molecule has 2 aromatic carbocycles. The van der Waals surface area contributed by atoms with Crippen molar-refractivity contribution in [2.24, 2.45) is 0 Å². The molecule has 2 aromatic rings. The molecule has 4 heteroatoms. The first-order valence-electron chi connectivity index (χ1n) is 8.09. The largest absolute Gasteiger partial charge is 0.343 e. The second-order valence-corrected chi connectivity index (χ2v) is 5.73. The number of rotatable bonds is 4. The van der Waals surface area contributed by atoms with Crippen LogP contribution in [0, 0.1) is 0 Å². The molecule has 0 saturated heterocycles. The molecule has 1 aliphatic rings. The van der Waals surface area contributed by atoms with E-state index in [9.17, 15) is 9.59 Å². The van der Waals surface area contributed by atoms with E-state index in [-0.39, 0.29) is 18.4 Å². The summed E-state index contributed by atoms with van der Waals surface area (Å²) in [5.41, 5.74) is 3.05. The Labute approximate surface area is 141 Å². The van der Waals surface area contributed by atoms with Crippen LogP contribution in [-0.4, -0.2) is 36.3 Å². The molecule has 0 radical (unpaired) electrons. The fraction of sp³-hybridized carbons (Fsp3) is 0.200. The van der Waals surface area contributed by atoms with Gasteiger partial charge < -0.3 is 10.2 Å². The van der Waals surface area contributed by atoms with Crippen LogP contribution in [0.4, 0.5) is 0 Å². The summed E-state index contributed by atoms with van der Waals surface area (Å²) in [6.07, 6.45) is 2.93. The van der Waals surface area contributed by atoms with E-state index in [0.29, 0.717) is 18.7 Å². The molecule has 1 N–H and O–H groups in total. The van der Waals surface area contributed by atoms with Crippen molar-refractivity contribution in [3.05, 3.63) is 77.9 Å². The van der Waals surface area contributed by atoms with Gasteiger partial charge in [0.2, 0.25) is 5.91 Å². The second-order valence-electron chi connectivity index (χ2n) is 5.73. The highest BCUT2D eigenvalue weighted by atomic mass is 16.2. The van der Waals surface area contributed by atoms with Crippen molar-refractivity contribution in [1.29, 1.82) is 0 Å². The van der Waals surface area contributed by atoms with E-state index < -0.39 is 0 Å². The van der Waals surface area contributed by atoms with E-state index in [0.717, 1.165) is 6.42 Å². The fourth-order valence-electron chi connectivity index (χ4n) is 2.77. The molecule has 0 aliphatic carbocycles. The lowest BCUT2D eigenvalue weighted by Crippen LogP contribution is -2.42. The highest BCUT2D eigenvalue weighted by Gasteiger charge is 2.18. The lowest BCUT2D eigenvalue weighted by molar-refractivity contribution is -0.129. The van der Waals surface area contributed by atoms with Gasteiger partial charge in [0.25, 0.3) is 5.91 Å². The second kappa shape index (κ2) is 7.59. The maximum Gasteiger partial charge on any atom is 0.251 e. The summed E-state index contributed by atoms with van der Waals surface area (Å²) in [6.45, 7) is 1.30. The lowest BCUT2D eigenvalue weighted by Gasteiger charge is -2.26. The van der Waals surface area contributed by atoms with Gasteiger partial charge in [0, 0.05) is 18.7 Å². The molecular formula is C20H20N2O2. The van der Waals surface area contributed by atoms with Gasteiger partial charge in [-0.15, -0.1) is 0 Å². The van der Waals surface area contributed by atoms with Gasteiger partial charge in [0.1, 0.15) is 0 Å². The average Bonchev–Trinajstić information content (AvgIpc) is 2.67. The Morgan fingerprint density at radius 3 is 2.25 bits per heavy atom. The zero-order chi connectivity index (χ0) is 16.8. The Hall–Kier alpha value is -2.88. The van der Waals surface area contributed by atoms with Crippen molar-refractivity contribution in [3.63, 3.8) is 0 Å². The number of amides is 2. The number of nitrogens with zero attached hydrogens (tertiary/aromatic N) is 1. The van der Waals surface area contributed by atoms with Gasteiger partial charge in [-0.25, -0.2) is 0 Å². The van der Waals surface area contributed by atoms with Crippen LogP contribution in [0.5, 0.6) is 0 Å². The van der Waals surface area contributed by atoms with Gasteiger partial charge in [0.15, 0.2) is 0 Å². The zero-order valence-corrected chi connectivity index (χ0v) is 13.4. The molecule has 0 spiro atoms. The molecule has 0 atom stereocenters. The molecule has 0 bridgehead atoms. The van der Waals surface area contributed by atoms with E-state index in [1.54, 1.807) is 29.2 Å². The number of benzene rings is 2. The number of carbonyl (C=O) groups is 2. The predicted molar refractivity (Wildman–Crippen MR) is 94.4 cm³/mol. The standard InChI is InChI=1S/C20H20N2O2/c23-19(15-21-20(24)18-9-5-2-6-10-18)22-13-11-17(12-14-22)16-7-3-1-4-8-16/h1-11H,12-15H2,(H,21,24). The van der Waals surface area contributed by atoms with Crippen LogP contribution in [0.25, 0.3) is 5.57 Å². The maximum absolute atomic E-state index is 12.3. The maximum atomic E-state index is 12.3. The molecule has 0 fully saturated rings. The summed E-state index contributed by atoms with van der Waals surface area (Å²) in [5.74, 6) is -0.274. The van der Waals surface area contributed by atoms with Crippen molar-refractivity contribution >= 4 is 17.4 Å². The Morgan fingerprint density at radius 1 is 0.958 bits per heavy atom. The molecule has 1 heterocycles. The van der Waals surface area contributed by atoms with E-state index >= 15 is 0 Å². The van der Waals surface area contributed by atoms with E-state index in [1.165, 1.54) is 11.1 Å². The van der Waals surface area contributed by atoms with Crippen LogP contribution in [-0.2, 0) is 4.79 Å². The highest BCUT2D eigenvalue weighted by molar-refractivity contribution is 5.96. The van der Waals surface area contributed by atoms with Crippen molar-refractivity contribution in [1.82, 2.24) is 10.2 Å². The first-order valence-corrected chi connectivity index (χ1v) is 8.09. The number of hydrogen-bond acceptors (Lipinski definition) is 2. The smallest absolute Gasteiger partial charge is 0.251 e. The molecule has 4 nitrogen and oxygen atoms in total. The third-order valence-corrected chi connectivity index (χ3v) is 4.14. The third-order valence-electron chi connectivity index (χ3n) is 4.14. The summed E-state index contributed by atoms with van der Waals surface area (Å²) < 4.78 is 0. The molecule has 0 unspecified atom stereocenters. The van der Waals surface area contributed by atoms with Crippen LogP contribution in [0.2, 0.25) is 0 Å². The highest BCUT2D eigenvalue weighted by Crippen LogP contribution is 2.21.